The topological polar surface area (TPSA) is 80.4 Å². The minimum Gasteiger partial charge on any atom is -0.481 e. The van der Waals surface area contributed by atoms with Crippen molar-refractivity contribution in [2.24, 2.45) is 17.1 Å². The van der Waals surface area contributed by atoms with Crippen LogP contribution in [0.25, 0.3) is 0 Å². The standard InChI is InChI=1S/C13H25NO3/c1-10(13(2,3)12(16)17)7-5-4-6-8-11(15)9-14/h10H,4-9,14H2,1-3H3,(H,16,17). The van der Waals surface area contributed by atoms with Crippen LogP contribution in [0.3, 0.4) is 0 Å². The molecule has 1 unspecified atom stereocenters. The minimum atomic E-state index is -0.747. The number of Topliss-reactive ketones (excluding diaryl/α,β-unsaturated/α-hetero) is 1. The van der Waals surface area contributed by atoms with E-state index in [0.717, 1.165) is 25.7 Å². The normalized spacial score (nSPS) is 13.4. The lowest BCUT2D eigenvalue weighted by Gasteiger charge is -2.27. The molecular formula is C13H25NO3. The zero-order valence-corrected chi connectivity index (χ0v) is 11.2. The Labute approximate surface area is 104 Å². The fourth-order valence-electron chi connectivity index (χ4n) is 1.62. The van der Waals surface area contributed by atoms with Gasteiger partial charge in [0.25, 0.3) is 0 Å². The predicted molar refractivity (Wildman–Crippen MR) is 67.7 cm³/mol. The lowest BCUT2D eigenvalue weighted by molar-refractivity contribution is -0.149. The molecule has 0 saturated carbocycles. The summed E-state index contributed by atoms with van der Waals surface area (Å²) in [7, 11) is 0. The quantitative estimate of drug-likeness (QED) is 0.608. The number of carboxylic acid groups (broad SMARTS) is 1. The molecule has 0 aliphatic carbocycles. The molecular weight excluding hydrogens is 218 g/mol. The molecule has 0 heterocycles. The molecule has 100 valence electrons. The molecule has 0 aromatic carbocycles. The van der Waals surface area contributed by atoms with Crippen molar-refractivity contribution in [3.63, 3.8) is 0 Å². The summed E-state index contributed by atoms with van der Waals surface area (Å²) in [6.45, 7) is 5.62. The molecule has 3 N–H and O–H groups in total. The van der Waals surface area contributed by atoms with E-state index in [9.17, 15) is 9.59 Å². The number of hydrogen-bond acceptors (Lipinski definition) is 3. The Morgan fingerprint density at radius 3 is 2.29 bits per heavy atom. The Bertz CT molecular complexity index is 261. The Hall–Kier alpha value is -0.900. The van der Waals surface area contributed by atoms with Crippen molar-refractivity contribution in [2.75, 3.05) is 6.54 Å². The number of carbonyl (C=O) groups is 2. The van der Waals surface area contributed by atoms with Crippen LogP contribution in [0.2, 0.25) is 0 Å². The van der Waals surface area contributed by atoms with Crippen molar-refractivity contribution in [3.05, 3.63) is 0 Å². The molecule has 0 aromatic rings. The van der Waals surface area contributed by atoms with Crippen LogP contribution >= 0.6 is 0 Å². The van der Waals surface area contributed by atoms with E-state index in [0.29, 0.717) is 6.42 Å². The van der Waals surface area contributed by atoms with Gasteiger partial charge in [-0.2, -0.15) is 0 Å². The number of unbranched alkanes of at least 4 members (excludes halogenated alkanes) is 2. The zero-order chi connectivity index (χ0) is 13.5. The third-order valence-corrected chi connectivity index (χ3v) is 3.60. The third-order valence-electron chi connectivity index (χ3n) is 3.60. The maximum Gasteiger partial charge on any atom is 0.309 e. The van der Waals surface area contributed by atoms with Crippen LogP contribution in [0.5, 0.6) is 0 Å². The number of carbonyl (C=O) groups excluding carboxylic acids is 1. The predicted octanol–water partition coefficient (Wildman–Crippen LogP) is 2.21. The van der Waals surface area contributed by atoms with Gasteiger partial charge in [-0.25, -0.2) is 0 Å². The second kappa shape index (κ2) is 7.43. The number of hydrogen-bond donors (Lipinski definition) is 2. The number of ketones is 1. The van der Waals surface area contributed by atoms with E-state index in [-0.39, 0.29) is 18.2 Å². The average Bonchev–Trinajstić information content (AvgIpc) is 2.27. The first-order chi connectivity index (χ1) is 7.82. The Morgan fingerprint density at radius 2 is 1.82 bits per heavy atom. The molecule has 0 aliphatic heterocycles. The highest BCUT2D eigenvalue weighted by Crippen LogP contribution is 2.30. The molecule has 0 saturated heterocycles. The van der Waals surface area contributed by atoms with E-state index in [1.54, 1.807) is 13.8 Å². The lowest BCUT2D eigenvalue weighted by atomic mass is 9.77. The van der Waals surface area contributed by atoms with Crippen molar-refractivity contribution < 1.29 is 14.7 Å². The van der Waals surface area contributed by atoms with Crippen LogP contribution in [0.1, 0.15) is 52.9 Å². The number of nitrogens with two attached hydrogens (primary N) is 1. The van der Waals surface area contributed by atoms with Crippen LogP contribution in [0, 0.1) is 11.3 Å². The van der Waals surface area contributed by atoms with Gasteiger partial charge >= 0.3 is 5.97 Å². The second-order valence-corrected chi connectivity index (χ2v) is 5.27. The minimum absolute atomic E-state index is 0.101. The summed E-state index contributed by atoms with van der Waals surface area (Å²) in [6.07, 6.45) is 4.22. The van der Waals surface area contributed by atoms with Gasteiger partial charge in [0.2, 0.25) is 0 Å². The maximum atomic E-state index is 11.0. The van der Waals surface area contributed by atoms with E-state index in [2.05, 4.69) is 0 Å². The number of aliphatic carboxylic acids is 1. The van der Waals surface area contributed by atoms with Gasteiger partial charge in [0.15, 0.2) is 0 Å². The molecule has 0 bridgehead atoms. The van der Waals surface area contributed by atoms with E-state index >= 15 is 0 Å². The molecule has 0 radical (unpaired) electrons. The molecule has 0 amide bonds. The van der Waals surface area contributed by atoms with Gasteiger partial charge in [0.05, 0.1) is 12.0 Å². The highest BCUT2D eigenvalue weighted by Gasteiger charge is 2.33. The summed E-state index contributed by atoms with van der Waals surface area (Å²) in [6, 6.07) is 0. The third kappa shape index (κ3) is 5.82. The van der Waals surface area contributed by atoms with Crippen molar-refractivity contribution in [1.82, 2.24) is 0 Å². The molecule has 4 nitrogen and oxygen atoms in total. The van der Waals surface area contributed by atoms with Gasteiger partial charge in [0.1, 0.15) is 5.78 Å². The van der Waals surface area contributed by atoms with Gasteiger partial charge < -0.3 is 10.8 Å². The van der Waals surface area contributed by atoms with Crippen molar-refractivity contribution in [1.29, 1.82) is 0 Å². The monoisotopic (exact) mass is 243 g/mol. The van der Waals surface area contributed by atoms with Crippen LogP contribution < -0.4 is 5.73 Å². The van der Waals surface area contributed by atoms with Crippen molar-refractivity contribution in [2.45, 2.75) is 52.9 Å². The van der Waals surface area contributed by atoms with Crippen LogP contribution in [0.15, 0.2) is 0 Å². The maximum absolute atomic E-state index is 11.0. The number of rotatable bonds is 9. The summed E-state index contributed by atoms with van der Waals surface area (Å²) >= 11 is 0. The molecule has 0 rings (SSSR count). The second-order valence-electron chi connectivity index (χ2n) is 5.27. The van der Waals surface area contributed by atoms with Crippen molar-refractivity contribution in [3.8, 4) is 0 Å². The summed E-state index contributed by atoms with van der Waals surface area (Å²) in [5.41, 5.74) is 4.54. The van der Waals surface area contributed by atoms with E-state index in [1.165, 1.54) is 0 Å². The summed E-state index contributed by atoms with van der Waals surface area (Å²) in [4.78, 5) is 22.0. The van der Waals surface area contributed by atoms with Gasteiger partial charge in [-0.05, 0) is 32.6 Å². The van der Waals surface area contributed by atoms with Gasteiger partial charge in [0, 0.05) is 6.42 Å². The van der Waals surface area contributed by atoms with Crippen molar-refractivity contribution >= 4 is 11.8 Å². The Morgan fingerprint density at radius 1 is 1.24 bits per heavy atom. The molecule has 0 spiro atoms. The highest BCUT2D eigenvalue weighted by atomic mass is 16.4. The summed E-state index contributed by atoms with van der Waals surface area (Å²) in [5.74, 6) is -0.502. The largest absolute Gasteiger partial charge is 0.481 e. The van der Waals surface area contributed by atoms with E-state index in [1.807, 2.05) is 6.92 Å². The molecule has 17 heavy (non-hydrogen) atoms. The smallest absolute Gasteiger partial charge is 0.309 e. The van der Waals surface area contributed by atoms with Crippen LogP contribution in [0.4, 0.5) is 0 Å². The molecule has 0 aromatic heterocycles. The fourth-order valence-corrected chi connectivity index (χ4v) is 1.62. The average molecular weight is 243 g/mol. The lowest BCUT2D eigenvalue weighted by Crippen LogP contribution is -2.31. The first kappa shape index (κ1) is 16.1. The van der Waals surface area contributed by atoms with Gasteiger partial charge in [-0.15, -0.1) is 0 Å². The molecule has 0 aliphatic rings. The van der Waals surface area contributed by atoms with Gasteiger partial charge in [-0.1, -0.05) is 19.8 Å². The Kier molecular flexibility index (Phi) is 7.04. The van der Waals surface area contributed by atoms with Gasteiger partial charge in [-0.3, -0.25) is 9.59 Å². The fraction of sp³-hybridized carbons (Fsp3) is 0.846. The van der Waals surface area contributed by atoms with E-state index < -0.39 is 11.4 Å². The molecule has 4 heteroatoms. The highest BCUT2D eigenvalue weighted by molar-refractivity contribution is 5.80. The summed E-state index contributed by atoms with van der Waals surface area (Å²) < 4.78 is 0. The SMILES string of the molecule is CC(CCCCCC(=O)CN)C(C)(C)C(=O)O. The zero-order valence-electron chi connectivity index (χ0n) is 11.2. The number of carboxylic acids is 1. The molecule has 0 fully saturated rings. The van der Waals surface area contributed by atoms with Crippen LogP contribution in [-0.4, -0.2) is 23.4 Å². The molecule has 1 atom stereocenters. The Balaban J connectivity index is 3.75. The summed E-state index contributed by atoms with van der Waals surface area (Å²) in [5, 5.41) is 9.06. The van der Waals surface area contributed by atoms with E-state index in [4.69, 9.17) is 10.8 Å². The first-order valence-corrected chi connectivity index (χ1v) is 6.27. The van der Waals surface area contributed by atoms with Crippen LogP contribution in [-0.2, 0) is 9.59 Å². The first-order valence-electron chi connectivity index (χ1n) is 6.27.